The summed E-state index contributed by atoms with van der Waals surface area (Å²) >= 11 is 1.49. The summed E-state index contributed by atoms with van der Waals surface area (Å²) in [5, 5.41) is 18.8. The first-order chi connectivity index (χ1) is 12.9. The van der Waals surface area contributed by atoms with Gasteiger partial charge in [-0.2, -0.15) is 16.9 Å². The van der Waals surface area contributed by atoms with Gasteiger partial charge in [-0.25, -0.2) is 0 Å². The average Bonchev–Trinajstić information content (AvgIpc) is 3.09. The van der Waals surface area contributed by atoms with Crippen LogP contribution in [0.4, 0.5) is 0 Å². The second kappa shape index (κ2) is 8.51. The Kier molecular flexibility index (Phi) is 6.50. The van der Waals surface area contributed by atoms with Crippen LogP contribution in [-0.2, 0) is 22.6 Å². The number of aromatic nitrogens is 2. The van der Waals surface area contributed by atoms with E-state index in [2.05, 4.69) is 28.3 Å². The fourth-order valence-corrected chi connectivity index (χ4v) is 4.61. The summed E-state index contributed by atoms with van der Waals surface area (Å²) in [4.78, 5) is 14.5. The van der Waals surface area contributed by atoms with Crippen molar-refractivity contribution in [2.45, 2.75) is 63.4 Å². The summed E-state index contributed by atoms with van der Waals surface area (Å²) in [5.74, 6) is 0.388. The molecule has 152 valence electrons. The number of piperidine rings is 1. The van der Waals surface area contributed by atoms with Crippen LogP contribution in [0, 0.1) is 0 Å². The van der Waals surface area contributed by atoms with E-state index in [1.54, 1.807) is 0 Å². The number of aliphatic hydroxyl groups is 1. The van der Waals surface area contributed by atoms with E-state index in [1.807, 2.05) is 24.1 Å². The molecule has 0 aromatic carbocycles. The predicted molar refractivity (Wildman–Crippen MR) is 107 cm³/mol. The van der Waals surface area contributed by atoms with E-state index in [0.717, 1.165) is 44.7 Å². The molecule has 8 heteroatoms. The normalized spacial score (nSPS) is 28.4. The Morgan fingerprint density at radius 2 is 2.19 bits per heavy atom. The van der Waals surface area contributed by atoms with Gasteiger partial charge in [0.05, 0.1) is 22.6 Å². The molecule has 2 fully saturated rings. The maximum Gasteiger partial charge on any atom is 0.230 e. The van der Waals surface area contributed by atoms with Crippen molar-refractivity contribution in [3.63, 3.8) is 0 Å². The van der Waals surface area contributed by atoms with Crippen LogP contribution in [0.15, 0.2) is 12.3 Å². The number of thioether (sulfide) groups is 1. The molecule has 0 aliphatic carbocycles. The number of carbonyl (C=O) groups excluding carboxylic acids is 1. The highest BCUT2D eigenvalue weighted by Gasteiger charge is 2.53. The third kappa shape index (κ3) is 4.50. The lowest BCUT2D eigenvalue weighted by Crippen LogP contribution is -2.69. The van der Waals surface area contributed by atoms with E-state index in [-0.39, 0.29) is 5.91 Å². The fourth-order valence-electron chi connectivity index (χ4n) is 4.28. The first-order valence-electron chi connectivity index (χ1n) is 9.77. The molecule has 0 radical (unpaired) electrons. The summed E-state index contributed by atoms with van der Waals surface area (Å²) in [6, 6.07) is 2.07. The molecular formula is C19H32N4O3S. The van der Waals surface area contributed by atoms with Gasteiger partial charge in [0.15, 0.2) is 0 Å². The number of likely N-dealkylation sites (tertiary alicyclic amines) is 1. The molecule has 3 heterocycles. The maximum atomic E-state index is 12.1. The molecule has 2 atom stereocenters. The van der Waals surface area contributed by atoms with E-state index < -0.39 is 17.2 Å². The minimum atomic E-state index is -0.703. The van der Waals surface area contributed by atoms with Gasteiger partial charge < -0.3 is 15.2 Å². The van der Waals surface area contributed by atoms with Crippen molar-refractivity contribution in [1.29, 1.82) is 0 Å². The van der Waals surface area contributed by atoms with Gasteiger partial charge >= 0.3 is 0 Å². The second-order valence-corrected chi connectivity index (χ2v) is 8.77. The Hall–Kier alpha value is -1.09. The third-order valence-electron chi connectivity index (χ3n) is 5.92. The molecule has 1 aromatic heterocycles. The van der Waals surface area contributed by atoms with E-state index in [1.165, 1.54) is 11.8 Å². The van der Waals surface area contributed by atoms with E-state index in [9.17, 15) is 9.90 Å². The van der Waals surface area contributed by atoms with Gasteiger partial charge in [-0.3, -0.25) is 14.4 Å². The van der Waals surface area contributed by atoms with Gasteiger partial charge in [0, 0.05) is 39.0 Å². The number of carbonyl (C=O) groups is 1. The second-order valence-electron chi connectivity index (χ2n) is 7.90. The fraction of sp³-hybridized carbons (Fsp3) is 0.789. The molecule has 2 N–H and O–H groups in total. The molecule has 2 aliphatic rings. The van der Waals surface area contributed by atoms with Crippen LogP contribution in [0.25, 0.3) is 0 Å². The highest BCUT2D eigenvalue weighted by Crippen LogP contribution is 2.40. The Morgan fingerprint density at radius 3 is 2.81 bits per heavy atom. The lowest BCUT2D eigenvalue weighted by Gasteiger charge is -2.53. The van der Waals surface area contributed by atoms with Crippen LogP contribution in [0.2, 0.25) is 0 Å². The molecule has 0 unspecified atom stereocenters. The van der Waals surface area contributed by atoms with Crippen molar-refractivity contribution in [3.05, 3.63) is 18.0 Å². The van der Waals surface area contributed by atoms with Gasteiger partial charge in [0.25, 0.3) is 0 Å². The first kappa shape index (κ1) is 20.6. The van der Waals surface area contributed by atoms with Crippen LogP contribution in [0.1, 0.15) is 38.8 Å². The van der Waals surface area contributed by atoms with Crippen LogP contribution >= 0.6 is 11.8 Å². The zero-order valence-corrected chi connectivity index (χ0v) is 17.4. The average molecular weight is 397 g/mol. The summed E-state index contributed by atoms with van der Waals surface area (Å²) in [5.41, 5.74) is -0.126. The first-order valence-corrected chi connectivity index (χ1v) is 11.2. The molecule has 1 amide bonds. The molecule has 27 heavy (non-hydrogen) atoms. The van der Waals surface area contributed by atoms with E-state index >= 15 is 0 Å². The lowest BCUT2D eigenvalue weighted by atomic mass is 9.73. The Morgan fingerprint density at radius 1 is 1.44 bits per heavy atom. The summed E-state index contributed by atoms with van der Waals surface area (Å²) in [6.07, 6.45) is 5.37. The number of hydrogen-bond acceptors (Lipinski definition) is 6. The van der Waals surface area contributed by atoms with Crippen molar-refractivity contribution in [3.8, 4) is 0 Å². The molecule has 2 aliphatic heterocycles. The molecule has 0 saturated carbocycles. The topological polar surface area (TPSA) is 79.6 Å². The summed E-state index contributed by atoms with van der Waals surface area (Å²) < 4.78 is 8.06. The predicted octanol–water partition coefficient (Wildman–Crippen LogP) is 1.26. The van der Waals surface area contributed by atoms with Gasteiger partial charge in [-0.05, 0) is 45.4 Å². The largest absolute Gasteiger partial charge is 0.388 e. The minimum absolute atomic E-state index is 0.0231. The number of ether oxygens (including phenoxy) is 1. The number of nitrogens with one attached hydrogen (secondary N) is 1. The molecule has 2 saturated heterocycles. The highest BCUT2D eigenvalue weighted by atomic mass is 32.2. The summed E-state index contributed by atoms with van der Waals surface area (Å²) in [7, 11) is 0. The monoisotopic (exact) mass is 396 g/mol. The van der Waals surface area contributed by atoms with Crippen LogP contribution < -0.4 is 5.32 Å². The Labute approximate surface area is 165 Å². The number of aryl methyl sites for hydroxylation is 1. The molecule has 0 bridgehead atoms. The zero-order chi connectivity index (χ0) is 19.5. The molecule has 1 aromatic rings. The lowest BCUT2D eigenvalue weighted by molar-refractivity contribution is -0.208. The smallest absolute Gasteiger partial charge is 0.230 e. The molecule has 3 rings (SSSR count). The van der Waals surface area contributed by atoms with Crippen molar-refractivity contribution in [2.24, 2.45) is 0 Å². The molecular weight excluding hydrogens is 364 g/mol. The number of amides is 1. The van der Waals surface area contributed by atoms with Crippen molar-refractivity contribution in [2.75, 3.05) is 31.7 Å². The standard InChI is InChI=1S/C19H32N4O3S/c1-4-23-9-5-15(21-23)13-22-10-6-19(7-11-22)17(25)18(2,8-12-26-19)20-16(24)14-27-3/h5,9,17,25H,4,6-8,10-14H2,1-3H3,(H,20,24)/t17-,18+/m0/s1. The van der Waals surface area contributed by atoms with Crippen molar-refractivity contribution < 1.29 is 14.6 Å². The van der Waals surface area contributed by atoms with Gasteiger partial charge in [-0.15, -0.1) is 0 Å². The zero-order valence-electron chi connectivity index (χ0n) is 16.6. The van der Waals surface area contributed by atoms with Gasteiger partial charge in [0.2, 0.25) is 5.91 Å². The van der Waals surface area contributed by atoms with Crippen molar-refractivity contribution in [1.82, 2.24) is 20.0 Å². The van der Waals surface area contributed by atoms with Crippen LogP contribution in [-0.4, -0.2) is 74.6 Å². The van der Waals surface area contributed by atoms with Crippen LogP contribution in [0.5, 0.6) is 0 Å². The summed E-state index contributed by atoms with van der Waals surface area (Å²) in [6.45, 7) is 8.00. The van der Waals surface area contributed by atoms with Crippen LogP contribution in [0.3, 0.4) is 0 Å². The van der Waals surface area contributed by atoms with E-state index in [0.29, 0.717) is 18.8 Å². The molecule has 1 spiro atoms. The van der Waals surface area contributed by atoms with Gasteiger partial charge in [0.1, 0.15) is 6.10 Å². The maximum absolute atomic E-state index is 12.1. The SMILES string of the molecule is CCn1ccc(CN2CCC3(CC2)OCC[C@@](C)(NC(=O)CSC)[C@@H]3O)n1. The highest BCUT2D eigenvalue weighted by molar-refractivity contribution is 7.99. The minimum Gasteiger partial charge on any atom is -0.388 e. The van der Waals surface area contributed by atoms with E-state index in [4.69, 9.17) is 4.74 Å². The quantitative estimate of drug-likeness (QED) is 0.754. The number of rotatable bonds is 6. The third-order valence-corrected chi connectivity index (χ3v) is 6.47. The van der Waals surface area contributed by atoms with Crippen molar-refractivity contribution >= 4 is 17.7 Å². The number of hydrogen-bond donors (Lipinski definition) is 2. The number of aliphatic hydroxyl groups excluding tert-OH is 1. The Bertz CT molecular complexity index is 645. The molecule has 7 nitrogen and oxygen atoms in total. The Balaban J connectivity index is 1.60. The van der Waals surface area contributed by atoms with Gasteiger partial charge in [-0.1, -0.05) is 0 Å². The number of nitrogens with zero attached hydrogens (tertiary/aromatic N) is 3.